The van der Waals surface area contributed by atoms with E-state index in [1.165, 1.54) is 11.3 Å². The standard InChI is InChI=1S/C10H15NO2S/c1-4-5-13-6-9-11-7(2)10(14-9)8(3)12/h4-6H2,1-3H3. The van der Waals surface area contributed by atoms with Crippen LogP contribution in [0.15, 0.2) is 0 Å². The SMILES string of the molecule is CCCOCc1nc(C)c(C(C)=O)s1. The third-order valence-corrected chi connectivity index (χ3v) is 2.97. The maximum absolute atomic E-state index is 11.1. The number of Topliss-reactive ketones (excluding diaryl/α,β-unsaturated/α-hetero) is 1. The summed E-state index contributed by atoms with van der Waals surface area (Å²) in [6.45, 7) is 6.75. The Hall–Kier alpha value is -0.740. The highest BCUT2D eigenvalue weighted by Gasteiger charge is 2.10. The number of thiazole rings is 1. The van der Waals surface area contributed by atoms with Gasteiger partial charge in [0.2, 0.25) is 0 Å². The minimum Gasteiger partial charge on any atom is -0.374 e. The van der Waals surface area contributed by atoms with Crippen LogP contribution in [0.5, 0.6) is 0 Å². The van der Waals surface area contributed by atoms with Gasteiger partial charge in [-0.25, -0.2) is 4.98 Å². The molecule has 0 radical (unpaired) electrons. The molecule has 0 unspecified atom stereocenters. The van der Waals surface area contributed by atoms with Crippen LogP contribution < -0.4 is 0 Å². The van der Waals surface area contributed by atoms with Crippen molar-refractivity contribution >= 4 is 17.1 Å². The van der Waals surface area contributed by atoms with Crippen LogP contribution >= 0.6 is 11.3 Å². The van der Waals surface area contributed by atoms with Gasteiger partial charge in [-0.1, -0.05) is 6.92 Å². The average Bonchev–Trinajstić information content (AvgIpc) is 2.47. The lowest BCUT2D eigenvalue weighted by Crippen LogP contribution is -1.93. The predicted molar refractivity (Wildman–Crippen MR) is 56.8 cm³/mol. The van der Waals surface area contributed by atoms with E-state index in [0.717, 1.165) is 28.6 Å². The highest BCUT2D eigenvalue weighted by molar-refractivity contribution is 7.13. The van der Waals surface area contributed by atoms with E-state index in [9.17, 15) is 4.79 Å². The Bertz CT molecular complexity index is 320. The molecule has 14 heavy (non-hydrogen) atoms. The van der Waals surface area contributed by atoms with Gasteiger partial charge in [-0.15, -0.1) is 11.3 Å². The Morgan fingerprint density at radius 1 is 1.57 bits per heavy atom. The molecule has 0 aliphatic heterocycles. The highest BCUT2D eigenvalue weighted by Crippen LogP contribution is 2.19. The zero-order valence-corrected chi connectivity index (χ0v) is 9.61. The van der Waals surface area contributed by atoms with Crippen molar-refractivity contribution in [1.82, 2.24) is 4.98 Å². The van der Waals surface area contributed by atoms with Crippen LogP contribution in [0.2, 0.25) is 0 Å². The van der Waals surface area contributed by atoms with Gasteiger partial charge in [0.05, 0.1) is 17.2 Å². The van der Waals surface area contributed by atoms with Crippen molar-refractivity contribution in [3.8, 4) is 0 Å². The van der Waals surface area contributed by atoms with Gasteiger partial charge < -0.3 is 4.74 Å². The van der Waals surface area contributed by atoms with E-state index in [2.05, 4.69) is 11.9 Å². The van der Waals surface area contributed by atoms with Gasteiger partial charge in [0.15, 0.2) is 5.78 Å². The number of rotatable bonds is 5. The van der Waals surface area contributed by atoms with E-state index in [4.69, 9.17) is 4.74 Å². The third kappa shape index (κ3) is 2.89. The molecule has 0 aromatic carbocycles. The normalized spacial score (nSPS) is 10.5. The van der Waals surface area contributed by atoms with Gasteiger partial charge in [0.25, 0.3) is 0 Å². The summed E-state index contributed by atoms with van der Waals surface area (Å²) in [5.74, 6) is 0.0849. The fourth-order valence-corrected chi connectivity index (χ4v) is 2.04. The molecule has 3 nitrogen and oxygen atoms in total. The molecule has 78 valence electrons. The average molecular weight is 213 g/mol. The van der Waals surface area contributed by atoms with E-state index < -0.39 is 0 Å². The largest absolute Gasteiger partial charge is 0.374 e. The second-order valence-corrected chi connectivity index (χ2v) is 4.21. The van der Waals surface area contributed by atoms with Crippen LogP contribution in [0.3, 0.4) is 0 Å². The Kier molecular flexibility index (Phi) is 4.22. The number of hydrogen-bond donors (Lipinski definition) is 0. The highest BCUT2D eigenvalue weighted by atomic mass is 32.1. The number of ketones is 1. The minimum absolute atomic E-state index is 0.0849. The molecular weight excluding hydrogens is 198 g/mol. The summed E-state index contributed by atoms with van der Waals surface area (Å²) < 4.78 is 5.35. The second-order valence-electron chi connectivity index (χ2n) is 3.13. The molecule has 0 N–H and O–H groups in total. The molecule has 0 saturated carbocycles. The van der Waals surface area contributed by atoms with E-state index in [1.807, 2.05) is 6.92 Å². The molecule has 1 heterocycles. The van der Waals surface area contributed by atoms with Crippen molar-refractivity contribution in [2.45, 2.75) is 33.8 Å². The van der Waals surface area contributed by atoms with E-state index in [0.29, 0.717) is 6.61 Å². The molecule has 0 amide bonds. The molecule has 1 aromatic rings. The fraction of sp³-hybridized carbons (Fsp3) is 0.600. The maximum atomic E-state index is 11.1. The summed E-state index contributed by atoms with van der Waals surface area (Å²) in [5, 5.41) is 0.890. The molecule has 0 bridgehead atoms. The van der Waals surface area contributed by atoms with Gasteiger partial charge in [-0.2, -0.15) is 0 Å². The molecular formula is C10H15NO2S. The smallest absolute Gasteiger partial charge is 0.171 e. The van der Waals surface area contributed by atoms with Gasteiger partial charge in [0.1, 0.15) is 5.01 Å². The molecule has 4 heteroatoms. The van der Waals surface area contributed by atoms with Crippen molar-refractivity contribution in [2.24, 2.45) is 0 Å². The molecule has 0 saturated heterocycles. The number of aryl methyl sites for hydroxylation is 1. The topological polar surface area (TPSA) is 39.2 Å². The fourth-order valence-electron chi connectivity index (χ4n) is 1.14. The van der Waals surface area contributed by atoms with Crippen molar-refractivity contribution in [2.75, 3.05) is 6.61 Å². The summed E-state index contributed by atoms with van der Waals surface area (Å²) in [4.78, 5) is 16.2. The van der Waals surface area contributed by atoms with E-state index in [-0.39, 0.29) is 5.78 Å². The first-order valence-electron chi connectivity index (χ1n) is 4.70. The summed E-state index contributed by atoms with van der Waals surface area (Å²) in [5.41, 5.74) is 0.817. The Labute approximate surface area is 88.1 Å². The number of carbonyl (C=O) groups is 1. The third-order valence-electron chi connectivity index (χ3n) is 1.73. The van der Waals surface area contributed by atoms with Gasteiger partial charge in [-0.3, -0.25) is 4.79 Å². The van der Waals surface area contributed by atoms with Crippen LogP contribution in [-0.2, 0) is 11.3 Å². The Morgan fingerprint density at radius 3 is 2.79 bits per heavy atom. The number of ether oxygens (including phenoxy) is 1. The molecule has 0 atom stereocenters. The van der Waals surface area contributed by atoms with Crippen molar-refractivity contribution in [1.29, 1.82) is 0 Å². The zero-order valence-electron chi connectivity index (χ0n) is 8.79. The molecule has 0 aliphatic carbocycles. The summed E-state index contributed by atoms with van der Waals surface area (Å²) in [6, 6.07) is 0. The first-order valence-corrected chi connectivity index (χ1v) is 5.51. The first kappa shape index (κ1) is 11.3. The van der Waals surface area contributed by atoms with Crippen LogP contribution in [-0.4, -0.2) is 17.4 Å². The van der Waals surface area contributed by atoms with Crippen LogP contribution in [0, 0.1) is 6.92 Å². The Balaban J connectivity index is 2.62. The summed E-state index contributed by atoms with van der Waals surface area (Å²) >= 11 is 1.43. The number of carbonyl (C=O) groups excluding carboxylic acids is 1. The van der Waals surface area contributed by atoms with Crippen molar-refractivity contribution in [3.05, 3.63) is 15.6 Å². The predicted octanol–water partition coefficient (Wildman–Crippen LogP) is 2.58. The molecule has 0 spiro atoms. The maximum Gasteiger partial charge on any atom is 0.171 e. The van der Waals surface area contributed by atoms with Crippen molar-refractivity contribution < 1.29 is 9.53 Å². The van der Waals surface area contributed by atoms with E-state index in [1.54, 1.807) is 6.92 Å². The van der Waals surface area contributed by atoms with Crippen LogP contribution in [0.25, 0.3) is 0 Å². The van der Waals surface area contributed by atoms with Crippen LogP contribution in [0.4, 0.5) is 0 Å². The second kappa shape index (κ2) is 5.22. The number of aromatic nitrogens is 1. The van der Waals surface area contributed by atoms with E-state index >= 15 is 0 Å². The Morgan fingerprint density at radius 2 is 2.29 bits per heavy atom. The zero-order chi connectivity index (χ0) is 10.6. The lowest BCUT2D eigenvalue weighted by Gasteiger charge is -1.96. The lowest BCUT2D eigenvalue weighted by molar-refractivity contribution is 0.102. The number of nitrogens with zero attached hydrogens (tertiary/aromatic N) is 1. The molecule has 1 rings (SSSR count). The molecule has 0 aliphatic rings. The first-order chi connectivity index (χ1) is 6.65. The van der Waals surface area contributed by atoms with Gasteiger partial charge in [-0.05, 0) is 13.3 Å². The van der Waals surface area contributed by atoms with Gasteiger partial charge in [0, 0.05) is 13.5 Å². The van der Waals surface area contributed by atoms with Crippen LogP contribution in [0.1, 0.15) is 40.6 Å². The van der Waals surface area contributed by atoms with Crippen molar-refractivity contribution in [3.63, 3.8) is 0 Å². The number of hydrogen-bond acceptors (Lipinski definition) is 4. The molecule has 0 fully saturated rings. The molecule has 1 aromatic heterocycles. The minimum atomic E-state index is 0.0849. The monoisotopic (exact) mass is 213 g/mol. The van der Waals surface area contributed by atoms with Gasteiger partial charge >= 0.3 is 0 Å². The summed E-state index contributed by atoms with van der Waals surface area (Å²) in [6.07, 6.45) is 1.00. The quantitative estimate of drug-likeness (QED) is 0.557. The lowest BCUT2D eigenvalue weighted by atomic mass is 10.3. The summed E-state index contributed by atoms with van der Waals surface area (Å²) in [7, 11) is 0.